The molecule has 0 N–H and O–H groups in total. The van der Waals surface area contributed by atoms with Gasteiger partial charge in [-0.2, -0.15) is 0 Å². The Kier molecular flexibility index (Phi) is 5.08. The Labute approximate surface area is 174 Å². The Morgan fingerprint density at radius 3 is 2.76 bits per heavy atom. The van der Waals surface area contributed by atoms with Gasteiger partial charge in [-0.05, 0) is 81.9 Å². The van der Waals surface area contributed by atoms with Crippen molar-refractivity contribution in [3.05, 3.63) is 88.6 Å². The second-order valence-corrected chi connectivity index (χ2v) is 8.88. The van der Waals surface area contributed by atoms with Crippen LogP contribution in [-0.2, 0) is 12.8 Å². The van der Waals surface area contributed by atoms with E-state index in [1.807, 2.05) is 12.5 Å². The molecule has 29 heavy (non-hydrogen) atoms. The molecule has 2 aliphatic rings. The van der Waals surface area contributed by atoms with Crippen molar-refractivity contribution < 1.29 is 4.74 Å². The van der Waals surface area contributed by atoms with Crippen LogP contribution in [0.1, 0.15) is 57.4 Å². The molecule has 3 heteroatoms. The molecule has 0 radical (unpaired) electrons. The van der Waals surface area contributed by atoms with Crippen LogP contribution < -0.4 is 4.74 Å². The molecule has 0 spiro atoms. The molecule has 1 unspecified atom stereocenters. The maximum absolute atomic E-state index is 6.18. The van der Waals surface area contributed by atoms with Crippen molar-refractivity contribution in [1.82, 2.24) is 9.55 Å². The highest BCUT2D eigenvalue weighted by molar-refractivity contribution is 5.67. The van der Waals surface area contributed by atoms with Crippen LogP contribution in [0.4, 0.5) is 0 Å². The van der Waals surface area contributed by atoms with E-state index in [0.29, 0.717) is 0 Å². The third kappa shape index (κ3) is 4.00. The first-order valence-electron chi connectivity index (χ1n) is 10.3. The molecule has 2 aromatic rings. The standard InChI is InChI=1S/C26H30N2O/c1-18(2)6-7-19(3)25(28-15-14-27-17-28)21-8-10-22-20(16-21)9-11-24-23(22)12-13-26(4,5)29-24/h6-9,11-15,17,25H,10,16H2,1-5H3/b19-7+. The molecule has 0 fully saturated rings. The minimum absolute atomic E-state index is 0.197. The molecule has 0 saturated heterocycles. The lowest BCUT2D eigenvalue weighted by Crippen LogP contribution is -2.28. The van der Waals surface area contributed by atoms with Crippen molar-refractivity contribution in [2.45, 2.75) is 59.1 Å². The monoisotopic (exact) mass is 386 g/mol. The number of aromatic nitrogens is 2. The van der Waals surface area contributed by atoms with Crippen LogP contribution in [0.25, 0.3) is 6.08 Å². The fourth-order valence-electron chi connectivity index (χ4n) is 4.23. The van der Waals surface area contributed by atoms with Gasteiger partial charge in [-0.25, -0.2) is 4.98 Å². The second kappa shape index (κ2) is 7.55. The highest BCUT2D eigenvalue weighted by Gasteiger charge is 2.27. The van der Waals surface area contributed by atoms with Gasteiger partial charge >= 0.3 is 0 Å². The summed E-state index contributed by atoms with van der Waals surface area (Å²) >= 11 is 0. The molecule has 0 saturated carbocycles. The summed E-state index contributed by atoms with van der Waals surface area (Å²) in [6.07, 6.45) is 19.0. The Balaban J connectivity index is 1.69. The molecular formula is C26H30N2O. The van der Waals surface area contributed by atoms with Crippen molar-refractivity contribution in [3.8, 4) is 5.75 Å². The molecule has 1 aromatic carbocycles. The molecule has 1 atom stereocenters. The zero-order chi connectivity index (χ0) is 20.6. The van der Waals surface area contributed by atoms with E-state index in [4.69, 9.17) is 4.74 Å². The number of benzene rings is 1. The van der Waals surface area contributed by atoms with Crippen molar-refractivity contribution in [3.63, 3.8) is 0 Å². The molecule has 1 aliphatic heterocycles. The van der Waals surface area contributed by atoms with E-state index in [2.05, 4.69) is 92.9 Å². The smallest absolute Gasteiger partial charge is 0.128 e. The summed E-state index contributed by atoms with van der Waals surface area (Å²) in [5.74, 6) is 0.999. The van der Waals surface area contributed by atoms with E-state index in [9.17, 15) is 0 Å². The fraction of sp³-hybridized carbons (Fsp3) is 0.346. The van der Waals surface area contributed by atoms with E-state index in [1.165, 1.54) is 33.4 Å². The van der Waals surface area contributed by atoms with Gasteiger partial charge in [0.25, 0.3) is 0 Å². The maximum atomic E-state index is 6.18. The number of hydrogen-bond acceptors (Lipinski definition) is 2. The molecule has 3 nitrogen and oxygen atoms in total. The summed E-state index contributed by atoms with van der Waals surface area (Å²) in [4.78, 5) is 4.30. The molecule has 1 aromatic heterocycles. The van der Waals surface area contributed by atoms with Gasteiger partial charge in [-0.3, -0.25) is 0 Å². The van der Waals surface area contributed by atoms with Gasteiger partial charge in [0.15, 0.2) is 0 Å². The van der Waals surface area contributed by atoms with Gasteiger partial charge in [0, 0.05) is 18.0 Å². The summed E-state index contributed by atoms with van der Waals surface area (Å²) in [5, 5.41) is 0. The number of hydrogen-bond donors (Lipinski definition) is 0. The average molecular weight is 387 g/mol. The molecular weight excluding hydrogens is 356 g/mol. The number of imidazole rings is 1. The van der Waals surface area contributed by atoms with Crippen LogP contribution in [0.5, 0.6) is 5.75 Å². The summed E-state index contributed by atoms with van der Waals surface area (Å²) in [6, 6.07) is 4.58. The van der Waals surface area contributed by atoms with Gasteiger partial charge < -0.3 is 9.30 Å². The minimum Gasteiger partial charge on any atom is -0.483 e. The van der Waals surface area contributed by atoms with Crippen LogP contribution in [0.15, 0.2) is 71.9 Å². The molecule has 4 rings (SSSR count). The van der Waals surface area contributed by atoms with Gasteiger partial charge in [0.05, 0.1) is 12.4 Å². The van der Waals surface area contributed by atoms with Gasteiger partial charge in [-0.1, -0.05) is 35.9 Å². The third-order valence-electron chi connectivity index (χ3n) is 5.69. The summed E-state index contributed by atoms with van der Waals surface area (Å²) in [6.45, 7) is 10.7. The van der Waals surface area contributed by atoms with Crippen molar-refractivity contribution in [2.75, 3.05) is 0 Å². The lowest BCUT2D eigenvalue weighted by atomic mass is 9.82. The predicted octanol–water partition coefficient (Wildman–Crippen LogP) is 6.25. The minimum atomic E-state index is -0.240. The topological polar surface area (TPSA) is 27.1 Å². The summed E-state index contributed by atoms with van der Waals surface area (Å²) in [7, 11) is 0. The molecule has 2 heterocycles. The van der Waals surface area contributed by atoms with Crippen molar-refractivity contribution in [1.29, 1.82) is 0 Å². The number of allylic oxidation sites excluding steroid dienone is 6. The van der Waals surface area contributed by atoms with Crippen LogP contribution in [0, 0.1) is 0 Å². The van der Waals surface area contributed by atoms with Gasteiger partial charge in [0.2, 0.25) is 0 Å². The lowest BCUT2D eigenvalue weighted by molar-refractivity contribution is 0.159. The predicted molar refractivity (Wildman–Crippen MR) is 120 cm³/mol. The van der Waals surface area contributed by atoms with Crippen LogP contribution in [-0.4, -0.2) is 15.2 Å². The molecule has 0 amide bonds. The van der Waals surface area contributed by atoms with Gasteiger partial charge in [-0.15, -0.1) is 0 Å². The van der Waals surface area contributed by atoms with E-state index >= 15 is 0 Å². The zero-order valence-corrected chi connectivity index (χ0v) is 18.1. The normalized spacial score (nSPS) is 18.2. The van der Waals surface area contributed by atoms with Crippen LogP contribution >= 0.6 is 0 Å². The van der Waals surface area contributed by atoms with E-state index < -0.39 is 0 Å². The first-order chi connectivity index (χ1) is 13.8. The van der Waals surface area contributed by atoms with E-state index in [0.717, 1.165) is 18.6 Å². The third-order valence-corrected chi connectivity index (χ3v) is 5.69. The quantitative estimate of drug-likeness (QED) is 0.459. The number of ether oxygens (including phenoxy) is 1. The highest BCUT2D eigenvalue weighted by Crippen LogP contribution is 2.39. The summed E-state index contributed by atoms with van der Waals surface area (Å²) in [5.41, 5.74) is 7.85. The molecule has 150 valence electrons. The van der Waals surface area contributed by atoms with Crippen LogP contribution in [0.2, 0.25) is 0 Å². The average Bonchev–Trinajstić information content (AvgIpc) is 3.19. The number of rotatable bonds is 4. The molecule has 0 bridgehead atoms. The lowest BCUT2D eigenvalue weighted by Gasteiger charge is -2.32. The largest absolute Gasteiger partial charge is 0.483 e. The number of nitrogens with zero attached hydrogens (tertiary/aromatic N) is 2. The van der Waals surface area contributed by atoms with E-state index in [1.54, 1.807) is 0 Å². The maximum Gasteiger partial charge on any atom is 0.128 e. The Bertz CT molecular complexity index is 1030. The van der Waals surface area contributed by atoms with Crippen molar-refractivity contribution in [2.24, 2.45) is 0 Å². The van der Waals surface area contributed by atoms with E-state index in [-0.39, 0.29) is 11.6 Å². The first-order valence-corrected chi connectivity index (χ1v) is 10.3. The Morgan fingerprint density at radius 1 is 1.21 bits per heavy atom. The van der Waals surface area contributed by atoms with Crippen LogP contribution in [0.3, 0.4) is 0 Å². The molecule has 1 aliphatic carbocycles. The zero-order valence-electron chi connectivity index (χ0n) is 18.1. The van der Waals surface area contributed by atoms with Gasteiger partial charge in [0.1, 0.15) is 11.4 Å². The SMILES string of the molecule is CC(C)=C/C=C(\C)C(C1=CCc2c(ccc3c2C=CC(C)(C)O3)C1)n1ccnc1. The Morgan fingerprint density at radius 2 is 2.03 bits per heavy atom. The first kappa shape index (κ1) is 19.5. The summed E-state index contributed by atoms with van der Waals surface area (Å²) < 4.78 is 8.39. The fourth-order valence-corrected chi connectivity index (χ4v) is 4.23. The second-order valence-electron chi connectivity index (χ2n) is 8.88. The Hall–Kier alpha value is -2.81. The number of fused-ring (bicyclic) bond motifs is 3. The van der Waals surface area contributed by atoms with Crippen molar-refractivity contribution >= 4 is 6.08 Å². The highest BCUT2D eigenvalue weighted by atomic mass is 16.5.